The molecule has 1 unspecified atom stereocenters. The molecular weight excluding hydrogens is 580 g/mol. The SMILES string of the molecule is CCCCCCCCCCCCCCOCC(COC(=O)NCCCOCCOC)OCCCCCCCCCCCCCC.N. The van der Waals surface area contributed by atoms with Gasteiger partial charge in [0.25, 0.3) is 0 Å². The summed E-state index contributed by atoms with van der Waals surface area (Å²) in [6.07, 6.45) is 32.0. The molecule has 0 aromatic carbocycles. The average molecular weight is 661 g/mol. The number of hydrogen-bond donors (Lipinski definition) is 2. The zero-order valence-corrected chi connectivity index (χ0v) is 31.1. The molecule has 0 bridgehead atoms. The molecule has 0 aromatic heterocycles. The monoisotopic (exact) mass is 661 g/mol. The number of hydrogen-bond acceptors (Lipinski definition) is 7. The Morgan fingerprint density at radius 3 is 1.41 bits per heavy atom. The van der Waals surface area contributed by atoms with Gasteiger partial charge in [-0.3, -0.25) is 0 Å². The maximum absolute atomic E-state index is 12.2. The fraction of sp³-hybridized carbons (Fsp3) is 0.974. The van der Waals surface area contributed by atoms with Gasteiger partial charge in [0.05, 0.1) is 19.8 Å². The first-order valence-electron chi connectivity index (χ1n) is 19.4. The smallest absolute Gasteiger partial charge is 0.407 e. The topological polar surface area (TPSA) is 110 Å². The number of rotatable bonds is 38. The zero-order valence-electron chi connectivity index (χ0n) is 31.1. The minimum absolute atomic E-state index is 0. The Morgan fingerprint density at radius 2 is 0.935 bits per heavy atom. The second-order valence-electron chi connectivity index (χ2n) is 12.8. The first kappa shape index (κ1) is 47.2. The summed E-state index contributed by atoms with van der Waals surface area (Å²) >= 11 is 0. The predicted octanol–water partition coefficient (Wildman–Crippen LogP) is 10.7. The van der Waals surface area contributed by atoms with Gasteiger partial charge in [0.15, 0.2) is 0 Å². The first-order chi connectivity index (χ1) is 22.2. The van der Waals surface area contributed by atoms with Gasteiger partial charge in [-0.05, 0) is 19.3 Å². The van der Waals surface area contributed by atoms with Gasteiger partial charge in [0.1, 0.15) is 12.7 Å². The summed E-state index contributed by atoms with van der Waals surface area (Å²) in [6.45, 7) is 8.92. The lowest BCUT2D eigenvalue weighted by Gasteiger charge is -2.18. The normalized spacial score (nSPS) is 11.8. The average Bonchev–Trinajstić information content (AvgIpc) is 3.05. The molecule has 0 aliphatic rings. The maximum atomic E-state index is 12.2. The molecule has 0 rings (SSSR count). The predicted molar refractivity (Wildman–Crippen MR) is 194 cm³/mol. The molecule has 0 radical (unpaired) electrons. The van der Waals surface area contributed by atoms with Crippen molar-refractivity contribution >= 4 is 6.09 Å². The molecule has 1 atom stereocenters. The number of amides is 1. The van der Waals surface area contributed by atoms with E-state index in [2.05, 4.69) is 19.2 Å². The van der Waals surface area contributed by atoms with Crippen LogP contribution in [0.4, 0.5) is 4.79 Å². The van der Waals surface area contributed by atoms with Crippen molar-refractivity contribution in [2.75, 3.05) is 59.9 Å². The van der Waals surface area contributed by atoms with Gasteiger partial charge in [-0.15, -0.1) is 0 Å². The number of unbranched alkanes of at least 4 members (excludes halogenated alkanes) is 22. The van der Waals surface area contributed by atoms with Gasteiger partial charge in [-0.1, -0.05) is 155 Å². The maximum Gasteiger partial charge on any atom is 0.407 e. The molecule has 0 fully saturated rings. The Labute approximate surface area is 286 Å². The number of nitrogens with one attached hydrogen (secondary N) is 1. The van der Waals surface area contributed by atoms with Gasteiger partial charge in [0.2, 0.25) is 0 Å². The minimum Gasteiger partial charge on any atom is -0.447 e. The van der Waals surface area contributed by atoms with Gasteiger partial charge in [-0.25, -0.2) is 4.79 Å². The second kappa shape index (κ2) is 42.1. The van der Waals surface area contributed by atoms with Gasteiger partial charge >= 0.3 is 6.09 Å². The van der Waals surface area contributed by atoms with Crippen LogP contribution in [-0.4, -0.2) is 72.1 Å². The Bertz CT molecular complexity index is 569. The molecule has 0 aliphatic carbocycles. The molecule has 46 heavy (non-hydrogen) atoms. The summed E-state index contributed by atoms with van der Waals surface area (Å²) in [4.78, 5) is 12.2. The molecule has 0 aromatic rings. The van der Waals surface area contributed by atoms with Crippen LogP contribution in [0.25, 0.3) is 0 Å². The molecule has 0 aliphatic heterocycles. The van der Waals surface area contributed by atoms with Gasteiger partial charge < -0.3 is 35.2 Å². The van der Waals surface area contributed by atoms with Crippen LogP contribution in [0.1, 0.15) is 174 Å². The fourth-order valence-corrected chi connectivity index (χ4v) is 5.43. The van der Waals surface area contributed by atoms with Crippen molar-refractivity contribution in [2.45, 2.75) is 180 Å². The summed E-state index contributed by atoms with van der Waals surface area (Å²) in [6, 6.07) is 0. The van der Waals surface area contributed by atoms with Crippen LogP contribution < -0.4 is 11.5 Å². The van der Waals surface area contributed by atoms with Crippen LogP contribution in [0.2, 0.25) is 0 Å². The third-order valence-corrected chi connectivity index (χ3v) is 8.36. The van der Waals surface area contributed by atoms with E-state index in [9.17, 15) is 4.79 Å². The first-order valence-corrected chi connectivity index (χ1v) is 19.4. The summed E-state index contributed by atoms with van der Waals surface area (Å²) < 4.78 is 27.9. The van der Waals surface area contributed by atoms with Crippen molar-refractivity contribution in [1.29, 1.82) is 0 Å². The highest BCUT2D eigenvalue weighted by atomic mass is 16.6. The zero-order chi connectivity index (χ0) is 32.7. The number of carbonyl (C=O) groups excluding carboxylic acids is 1. The molecule has 0 spiro atoms. The van der Waals surface area contributed by atoms with E-state index in [0.717, 1.165) is 25.9 Å². The van der Waals surface area contributed by atoms with E-state index in [4.69, 9.17) is 23.7 Å². The Hall–Kier alpha value is -0.930. The lowest BCUT2D eigenvalue weighted by Crippen LogP contribution is -2.32. The van der Waals surface area contributed by atoms with Crippen LogP contribution >= 0.6 is 0 Å². The molecule has 0 heterocycles. The van der Waals surface area contributed by atoms with Crippen LogP contribution in [0.5, 0.6) is 0 Å². The van der Waals surface area contributed by atoms with E-state index in [0.29, 0.717) is 39.6 Å². The lowest BCUT2D eigenvalue weighted by atomic mass is 10.1. The number of carbonyl (C=O) groups is 1. The lowest BCUT2D eigenvalue weighted by molar-refractivity contribution is -0.0468. The van der Waals surface area contributed by atoms with Crippen molar-refractivity contribution in [3.05, 3.63) is 0 Å². The summed E-state index contributed by atoms with van der Waals surface area (Å²) in [7, 11) is 1.65. The molecule has 8 heteroatoms. The van der Waals surface area contributed by atoms with Crippen molar-refractivity contribution in [3.63, 3.8) is 0 Å². The highest BCUT2D eigenvalue weighted by molar-refractivity contribution is 5.67. The fourth-order valence-electron chi connectivity index (χ4n) is 5.43. The summed E-state index contributed by atoms with van der Waals surface area (Å²) in [5.74, 6) is 0. The highest BCUT2D eigenvalue weighted by Crippen LogP contribution is 2.13. The van der Waals surface area contributed by atoms with Crippen molar-refractivity contribution in [2.24, 2.45) is 0 Å². The van der Waals surface area contributed by atoms with E-state index < -0.39 is 6.09 Å². The Morgan fingerprint density at radius 1 is 0.500 bits per heavy atom. The molecular formula is C38H80N2O6. The summed E-state index contributed by atoms with van der Waals surface area (Å²) in [5, 5.41) is 2.80. The van der Waals surface area contributed by atoms with E-state index >= 15 is 0 Å². The number of ether oxygens (including phenoxy) is 5. The van der Waals surface area contributed by atoms with E-state index in [1.165, 1.54) is 141 Å². The van der Waals surface area contributed by atoms with Crippen LogP contribution in [0.3, 0.4) is 0 Å². The van der Waals surface area contributed by atoms with Gasteiger partial charge in [0, 0.05) is 33.5 Å². The molecule has 278 valence electrons. The largest absolute Gasteiger partial charge is 0.447 e. The van der Waals surface area contributed by atoms with Gasteiger partial charge in [-0.2, -0.15) is 0 Å². The third-order valence-electron chi connectivity index (χ3n) is 8.36. The van der Waals surface area contributed by atoms with Crippen LogP contribution in [0, 0.1) is 0 Å². The van der Waals surface area contributed by atoms with E-state index in [1.807, 2.05) is 0 Å². The van der Waals surface area contributed by atoms with Crippen molar-refractivity contribution < 1.29 is 28.5 Å². The standard InChI is InChI=1S/C38H77NO6.H3N/c1-4-6-8-10-12-14-16-18-20-22-24-26-30-43-35-37(36-45-38(40)39-29-28-31-42-34-33-41-3)44-32-27-25-23-21-19-17-15-13-11-9-7-5-2;/h37H,4-36H2,1-3H3,(H,39,40);1H3. The molecule has 4 N–H and O–H groups in total. The third kappa shape index (κ3) is 39.2. The quantitative estimate of drug-likeness (QED) is 0.0634. The minimum atomic E-state index is -0.410. The molecule has 1 amide bonds. The number of methoxy groups -OCH3 is 1. The molecule has 8 nitrogen and oxygen atoms in total. The van der Waals surface area contributed by atoms with Crippen LogP contribution in [0.15, 0.2) is 0 Å². The van der Waals surface area contributed by atoms with Crippen molar-refractivity contribution in [1.82, 2.24) is 11.5 Å². The Balaban J connectivity index is 0. The van der Waals surface area contributed by atoms with Crippen molar-refractivity contribution in [3.8, 4) is 0 Å². The summed E-state index contributed by atoms with van der Waals surface area (Å²) in [5.41, 5.74) is 0. The number of alkyl carbamates (subject to hydrolysis) is 1. The van der Waals surface area contributed by atoms with Crippen LogP contribution in [-0.2, 0) is 23.7 Å². The molecule has 0 saturated heterocycles. The highest BCUT2D eigenvalue weighted by Gasteiger charge is 2.13. The second-order valence-corrected chi connectivity index (χ2v) is 12.8. The Kier molecular flexibility index (Phi) is 43.2. The van der Waals surface area contributed by atoms with E-state index in [-0.39, 0.29) is 18.9 Å². The molecule has 0 saturated carbocycles. The van der Waals surface area contributed by atoms with E-state index in [1.54, 1.807) is 7.11 Å².